The fourth-order valence-corrected chi connectivity index (χ4v) is 6.27. The third kappa shape index (κ3) is 7.90. The van der Waals surface area contributed by atoms with Crippen molar-refractivity contribution in [2.45, 2.75) is 115 Å². The molecule has 39 heavy (non-hydrogen) atoms. The summed E-state index contributed by atoms with van der Waals surface area (Å²) in [5.74, 6) is -0.161. The number of rotatable bonds is 14. The van der Waals surface area contributed by atoms with Gasteiger partial charge in [-0.1, -0.05) is 63.5 Å². The zero-order valence-electron chi connectivity index (χ0n) is 23.3. The molecule has 3 aliphatic rings. The van der Waals surface area contributed by atoms with Gasteiger partial charge in [0.15, 0.2) is 0 Å². The number of carbonyl (C=O) groups is 4. The molecular formula is C31H45N3O5. The van der Waals surface area contributed by atoms with Crippen LogP contribution in [0, 0.1) is 0 Å². The first-order valence-corrected chi connectivity index (χ1v) is 15.1. The van der Waals surface area contributed by atoms with Gasteiger partial charge < -0.3 is 14.9 Å². The smallest absolute Gasteiger partial charge is 0.255 e. The number of nitrogens with zero attached hydrogens (tertiary/aromatic N) is 2. The second-order valence-corrected chi connectivity index (χ2v) is 11.5. The van der Waals surface area contributed by atoms with Crippen molar-refractivity contribution in [2.24, 2.45) is 0 Å². The summed E-state index contributed by atoms with van der Waals surface area (Å²) >= 11 is 0. The number of aliphatic hydroxyl groups is 1. The van der Waals surface area contributed by atoms with Crippen LogP contribution in [0.1, 0.15) is 124 Å². The molecule has 0 bridgehead atoms. The van der Waals surface area contributed by atoms with Crippen molar-refractivity contribution in [3.63, 3.8) is 0 Å². The van der Waals surface area contributed by atoms with E-state index in [0.29, 0.717) is 37.5 Å². The predicted molar refractivity (Wildman–Crippen MR) is 149 cm³/mol. The zero-order chi connectivity index (χ0) is 27.6. The molecule has 4 amide bonds. The molecule has 0 spiro atoms. The molecule has 0 aliphatic carbocycles. The van der Waals surface area contributed by atoms with E-state index in [-0.39, 0.29) is 30.0 Å². The number of unbranched alkanes of at least 4 members (excludes halogenated alkanes) is 9. The van der Waals surface area contributed by atoms with Crippen LogP contribution in [-0.2, 0) is 20.9 Å². The van der Waals surface area contributed by atoms with Gasteiger partial charge in [0, 0.05) is 44.6 Å². The molecule has 3 aliphatic heterocycles. The molecule has 4 rings (SSSR count). The Kier molecular flexibility index (Phi) is 10.9. The van der Waals surface area contributed by atoms with Crippen molar-refractivity contribution in [3.8, 4) is 0 Å². The van der Waals surface area contributed by atoms with Crippen molar-refractivity contribution in [2.75, 3.05) is 19.7 Å². The first-order valence-electron chi connectivity index (χ1n) is 15.1. The highest BCUT2D eigenvalue weighted by Gasteiger charge is 2.39. The summed E-state index contributed by atoms with van der Waals surface area (Å²) in [4.78, 5) is 53.1. The third-order valence-corrected chi connectivity index (χ3v) is 8.67. The highest BCUT2D eigenvalue weighted by Crippen LogP contribution is 2.33. The Morgan fingerprint density at radius 1 is 0.872 bits per heavy atom. The van der Waals surface area contributed by atoms with Crippen molar-refractivity contribution in [3.05, 3.63) is 34.9 Å². The number of aliphatic hydroxyl groups excluding tert-OH is 1. The number of hydrogen-bond donors (Lipinski definition) is 2. The largest absolute Gasteiger partial charge is 0.396 e. The van der Waals surface area contributed by atoms with Gasteiger partial charge in [0.25, 0.3) is 5.91 Å². The standard InChI is InChI=1S/C31H45N3O5/c35-20-10-8-6-4-2-1-3-5-7-9-11-29(37)33-18-16-23(17-19-33)24-12-13-26-25(21-24)22-34(31(26)39)27-14-15-28(36)32-30(27)38/h12-13,21,23,27,35H,1-11,14-20,22H2,(H,32,36,38). The monoisotopic (exact) mass is 539 g/mol. The van der Waals surface area contributed by atoms with Crippen LogP contribution < -0.4 is 5.32 Å². The highest BCUT2D eigenvalue weighted by molar-refractivity contribution is 6.05. The number of imide groups is 1. The number of fused-ring (bicyclic) bond motifs is 1. The number of amides is 4. The molecule has 8 nitrogen and oxygen atoms in total. The molecule has 1 aromatic carbocycles. The van der Waals surface area contributed by atoms with E-state index in [2.05, 4.69) is 11.4 Å². The van der Waals surface area contributed by atoms with Crippen LogP contribution >= 0.6 is 0 Å². The van der Waals surface area contributed by atoms with Crippen LogP contribution in [0.25, 0.3) is 0 Å². The number of nitrogens with one attached hydrogen (secondary N) is 1. The topological polar surface area (TPSA) is 107 Å². The van der Waals surface area contributed by atoms with Crippen LogP contribution in [0.2, 0.25) is 0 Å². The summed E-state index contributed by atoms with van der Waals surface area (Å²) in [5, 5.41) is 11.2. The first-order chi connectivity index (χ1) is 19.0. The molecule has 2 fully saturated rings. The van der Waals surface area contributed by atoms with Gasteiger partial charge in [0.05, 0.1) is 0 Å². The summed E-state index contributed by atoms with van der Waals surface area (Å²) in [5.41, 5.74) is 2.80. The van der Waals surface area contributed by atoms with E-state index in [1.54, 1.807) is 4.90 Å². The zero-order valence-corrected chi connectivity index (χ0v) is 23.3. The van der Waals surface area contributed by atoms with Gasteiger partial charge in [-0.25, -0.2) is 0 Å². The summed E-state index contributed by atoms with van der Waals surface area (Å²) in [6.45, 7) is 2.26. The highest BCUT2D eigenvalue weighted by atomic mass is 16.3. The fraction of sp³-hybridized carbons (Fsp3) is 0.677. The molecule has 1 atom stereocenters. The van der Waals surface area contributed by atoms with E-state index in [1.165, 1.54) is 44.1 Å². The Labute approximate surface area is 232 Å². The second-order valence-electron chi connectivity index (χ2n) is 11.5. The Morgan fingerprint density at radius 2 is 1.51 bits per heavy atom. The van der Waals surface area contributed by atoms with Gasteiger partial charge >= 0.3 is 0 Å². The van der Waals surface area contributed by atoms with Crippen molar-refractivity contribution >= 4 is 23.6 Å². The summed E-state index contributed by atoms with van der Waals surface area (Å²) < 4.78 is 0. The number of hydrogen-bond acceptors (Lipinski definition) is 5. The molecule has 3 heterocycles. The molecule has 2 N–H and O–H groups in total. The third-order valence-electron chi connectivity index (χ3n) is 8.67. The molecule has 214 valence electrons. The molecule has 2 saturated heterocycles. The maximum atomic E-state index is 13.0. The average molecular weight is 540 g/mol. The molecule has 0 saturated carbocycles. The fourth-order valence-electron chi connectivity index (χ4n) is 6.27. The van der Waals surface area contributed by atoms with E-state index in [1.807, 2.05) is 17.0 Å². The first kappa shape index (κ1) is 29.2. The van der Waals surface area contributed by atoms with E-state index < -0.39 is 6.04 Å². The summed E-state index contributed by atoms with van der Waals surface area (Å²) in [6, 6.07) is 5.43. The van der Waals surface area contributed by atoms with Gasteiger partial charge in [-0.2, -0.15) is 0 Å². The molecule has 8 heteroatoms. The number of likely N-dealkylation sites (tertiary alicyclic amines) is 1. The minimum Gasteiger partial charge on any atom is -0.396 e. The van der Waals surface area contributed by atoms with E-state index in [0.717, 1.165) is 57.2 Å². The minimum atomic E-state index is -0.590. The maximum Gasteiger partial charge on any atom is 0.255 e. The van der Waals surface area contributed by atoms with Crippen LogP contribution in [0.5, 0.6) is 0 Å². The van der Waals surface area contributed by atoms with E-state index >= 15 is 0 Å². The van der Waals surface area contributed by atoms with Gasteiger partial charge in [-0.3, -0.25) is 24.5 Å². The molecule has 0 radical (unpaired) electrons. The summed E-state index contributed by atoms with van der Waals surface area (Å²) in [7, 11) is 0. The van der Waals surface area contributed by atoms with E-state index in [9.17, 15) is 19.2 Å². The van der Waals surface area contributed by atoms with E-state index in [4.69, 9.17) is 5.11 Å². The van der Waals surface area contributed by atoms with Crippen molar-refractivity contribution < 1.29 is 24.3 Å². The van der Waals surface area contributed by atoms with Crippen LogP contribution in [-0.4, -0.2) is 64.3 Å². The van der Waals surface area contributed by atoms with Crippen LogP contribution in [0.3, 0.4) is 0 Å². The SMILES string of the molecule is O=C1CCC(N2Cc3cc(C4CCN(C(=O)CCCCCCCCCCCCO)CC4)ccc3C2=O)C(=O)N1. The lowest BCUT2D eigenvalue weighted by atomic mass is 9.87. The van der Waals surface area contributed by atoms with Crippen molar-refractivity contribution in [1.82, 2.24) is 15.1 Å². The second kappa shape index (κ2) is 14.6. The van der Waals surface area contributed by atoms with Gasteiger partial charge in [0.1, 0.15) is 6.04 Å². The number of carbonyl (C=O) groups excluding carboxylic acids is 4. The molecular weight excluding hydrogens is 494 g/mol. The Hall–Kier alpha value is -2.74. The lowest BCUT2D eigenvalue weighted by molar-refractivity contribution is -0.137. The predicted octanol–water partition coefficient (Wildman–Crippen LogP) is 4.44. The quantitative estimate of drug-likeness (QED) is 0.269. The summed E-state index contributed by atoms with van der Waals surface area (Å²) in [6.07, 6.45) is 14.8. The normalized spacial score (nSPS) is 19.9. The Bertz CT molecular complexity index is 1020. The minimum absolute atomic E-state index is 0.138. The van der Waals surface area contributed by atoms with Crippen LogP contribution in [0.4, 0.5) is 0 Å². The Morgan fingerprint density at radius 3 is 2.15 bits per heavy atom. The molecule has 1 aromatic rings. The number of benzene rings is 1. The Balaban J connectivity index is 1.14. The lowest BCUT2D eigenvalue weighted by Gasteiger charge is -2.32. The van der Waals surface area contributed by atoms with Crippen molar-refractivity contribution in [1.29, 1.82) is 0 Å². The number of piperidine rings is 2. The average Bonchev–Trinajstić information content (AvgIpc) is 3.27. The lowest BCUT2D eigenvalue weighted by Crippen LogP contribution is -2.52. The van der Waals surface area contributed by atoms with Crippen LogP contribution in [0.15, 0.2) is 18.2 Å². The van der Waals surface area contributed by atoms with Gasteiger partial charge in [-0.15, -0.1) is 0 Å². The van der Waals surface area contributed by atoms with Gasteiger partial charge in [0.2, 0.25) is 17.7 Å². The molecule has 1 unspecified atom stereocenters. The van der Waals surface area contributed by atoms with Gasteiger partial charge in [-0.05, 0) is 55.2 Å². The maximum absolute atomic E-state index is 13.0. The molecule has 0 aromatic heterocycles.